The Hall–Kier alpha value is -4.68. The number of amides is 2. The van der Waals surface area contributed by atoms with E-state index in [0.717, 1.165) is 22.8 Å². The highest BCUT2D eigenvalue weighted by molar-refractivity contribution is 6.08. The molecule has 0 bridgehead atoms. The first-order chi connectivity index (χ1) is 21.0. The predicted octanol–water partition coefficient (Wildman–Crippen LogP) is 5.33. The van der Waals surface area contributed by atoms with Crippen LogP contribution in [0.1, 0.15) is 37.4 Å². The number of nitrogens with one attached hydrogen (secondary N) is 3. The van der Waals surface area contributed by atoms with Crippen LogP contribution in [-0.4, -0.2) is 59.8 Å². The quantitative estimate of drug-likeness (QED) is 0.251. The van der Waals surface area contributed by atoms with Gasteiger partial charge in [-0.1, -0.05) is 18.2 Å². The monoisotopic (exact) mass is 606 g/mol. The standard InChI is InChI=1S/C32H33F3N6O3/c1-20-4-8-25(16-28(20)39-31(43)26-9-7-21(15-29(26)44-3)24-17-37-40(2)18-24)38-30(42)22-5-6-23(27(14-22)32(33,34)35)19-41-12-10-36-11-13-41/h4-9,14-18,36H,10-13,19H2,1-3H3,(H,38,42)(H,39,43). The smallest absolute Gasteiger partial charge is 0.416 e. The van der Waals surface area contributed by atoms with Crippen molar-refractivity contribution in [3.05, 3.63) is 94.8 Å². The van der Waals surface area contributed by atoms with Crippen LogP contribution in [0.25, 0.3) is 11.1 Å². The van der Waals surface area contributed by atoms with E-state index >= 15 is 0 Å². The molecule has 0 radical (unpaired) electrons. The molecule has 0 atom stereocenters. The van der Waals surface area contributed by atoms with Crippen molar-refractivity contribution >= 4 is 23.2 Å². The number of halogens is 3. The van der Waals surface area contributed by atoms with E-state index in [9.17, 15) is 22.8 Å². The number of ether oxygens (including phenoxy) is 1. The first-order valence-electron chi connectivity index (χ1n) is 14.1. The molecule has 1 aromatic heterocycles. The van der Waals surface area contributed by atoms with Crippen LogP contribution in [0.5, 0.6) is 5.75 Å². The molecule has 2 amide bonds. The third-order valence-corrected chi connectivity index (χ3v) is 7.51. The number of aryl methyl sites for hydroxylation is 2. The number of benzene rings is 3. The summed E-state index contributed by atoms with van der Waals surface area (Å²) in [6.07, 6.45) is -1.05. The summed E-state index contributed by atoms with van der Waals surface area (Å²) in [5, 5.41) is 12.9. The van der Waals surface area contributed by atoms with Gasteiger partial charge in [-0.25, -0.2) is 0 Å². The van der Waals surface area contributed by atoms with Crippen molar-refractivity contribution in [3.63, 3.8) is 0 Å². The van der Waals surface area contributed by atoms with Crippen LogP contribution in [0, 0.1) is 6.92 Å². The molecule has 9 nitrogen and oxygen atoms in total. The van der Waals surface area contributed by atoms with Gasteiger partial charge < -0.3 is 20.7 Å². The maximum Gasteiger partial charge on any atom is 0.416 e. The van der Waals surface area contributed by atoms with E-state index in [0.29, 0.717) is 48.9 Å². The zero-order valence-electron chi connectivity index (χ0n) is 24.6. The fourth-order valence-electron chi connectivity index (χ4n) is 5.09. The van der Waals surface area contributed by atoms with Crippen LogP contribution < -0.4 is 20.7 Å². The number of alkyl halides is 3. The third-order valence-electron chi connectivity index (χ3n) is 7.51. The van der Waals surface area contributed by atoms with Gasteiger partial charge in [-0.3, -0.25) is 19.2 Å². The van der Waals surface area contributed by atoms with E-state index in [1.54, 1.807) is 54.2 Å². The fraction of sp³-hybridized carbons (Fsp3) is 0.281. The Bertz CT molecular complexity index is 1680. The van der Waals surface area contributed by atoms with Gasteiger partial charge in [0.05, 0.1) is 24.4 Å². The summed E-state index contributed by atoms with van der Waals surface area (Å²) in [4.78, 5) is 28.3. The number of methoxy groups -OCH3 is 1. The third kappa shape index (κ3) is 7.09. The molecule has 1 saturated heterocycles. The number of piperazine rings is 1. The van der Waals surface area contributed by atoms with E-state index in [-0.39, 0.29) is 17.7 Å². The van der Waals surface area contributed by atoms with Gasteiger partial charge in [0, 0.05) is 68.5 Å². The largest absolute Gasteiger partial charge is 0.496 e. The molecule has 0 unspecified atom stereocenters. The summed E-state index contributed by atoms with van der Waals surface area (Å²) >= 11 is 0. The maximum absolute atomic E-state index is 14.0. The molecule has 5 rings (SSSR count). The fourth-order valence-corrected chi connectivity index (χ4v) is 5.09. The van der Waals surface area contributed by atoms with E-state index in [1.807, 2.05) is 18.1 Å². The molecule has 0 aliphatic carbocycles. The molecule has 1 fully saturated rings. The van der Waals surface area contributed by atoms with Crippen LogP contribution in [0.15, 0.2) is 67.0 Å². The minimum absolute atomic E-state index is 0.119. The second-order valence-electron chi connectivity index (χ2n) is 10.7. The molecule has 0 saturated carbocycles. The number of hydrogen-bond acceptors (Lipinski definition) is 6. The highest BCUT2D eigenvalue weighted by atomic mass is 19.4. The van der Waals surface area contributed by atoms with Gasteiger partial charge in [0.15, 0.2) is 0 Å². The van der Waals surface area contributed by atoms with Gasteiger partial charge in [0.2, 0.25) is 0 Å². The van der Waals surface area contributed by atoms with Crippen molar-refractivity contribution in [1.29, 1.82) is 0 Å². The normalized spacial score (nSPS) is 13.9. The minimum atomic E-state index is -4.61. The Morgan fingerprint density at radius 3 is 2.43 bits per heavy atom. The van der Waals surface area contributed by atoms with Crippen molar-refractivity contribution < 1.29 is 27.5 Å². The number of nitrogens with zero attached hydrogens (tertiary/aromatic N) is 3. The maximum atomic E-state index is 14.0. The molecule has 2 heterocycles. The minimum Gasteiger partial charge on any atom is -0.496 e. The number of rotatable bonds is 8. The second kappa shape index (κ2) is 12.9. The molecular formula is C32H33F3N6O3. The van der Waals surface area contributed by atoms with Gasteiger partial charge in [0.1, 0.15) is 5.75 Å². The van der Waals surface area contributed by atoms with E-state index in [4.69, 9.17) is 4.74 Å². The Kier molecular flexibility index (Phi) is 9.02. The highest BCUT2D eigenvalue weighted by Gasteiger charge is 2.34. The number of carbonyl (C=O) groups excluding carboxylic acids is 2. The van der Waals surface area contributed by atoms with Crippen molar-refractivity contribution in [2.45, 2.75) is 19.6 Å². The van der Waals surface area contributed by atoms with E-state index < -0.39 is 23.6 Å². The van der Waals surface area contributed by atoms with Crippen molar-refractivity contribution in [1.82, 2.24) is 20.0 Å². The average molecular weight is 607 g/mol. The Morgan fingerprint density at radius 2 is 1.75 bits per heavy atom. The first-order valence-corrected chi connectivity index (χ1v) is 14.1. The summed E-state index contributed by atoms with van der Waals surface area (Å²) in [7, 11) is 3.29. The molecule has 1 aliphatic rings. The summed E-state index contributed by atoms with van der Waals surface area (Å²) in [6, 6.07) is 13.7. The lowest BCUT2D eigenvalue weighted by Crippen LogP contribution is -2.43. The predicted molar refractivity (Wildman–Crippen MR) is 162 cm³/mol. The van der Waals surface area contributed by atoms with Gasteiger partial charge >= 0.3 is 6.18 Å². The summed E-state index contributed by atoms with van der Waals surface area (Å²) < 4.78 is 49.1. The van der Waals surface area contributed by atoms with Crippen LogP contribution in [-0.2, 0) is 19.8 Å². The van der Waals surface area contributed by atoms with Gasteiger partial charge in [0.25, 0.3) is 11.8 Å². The molecular weight excluding hydrogens is 573 g/mol. The van der Waals surface area contributed by atoms with Gasteiger partial charge in [-0.05, 0) is 60.0 Å². The highest BCUT2D eigenvalue weighted by Crippen LogP contribution is 2.34. The Balaban J connectivity index is 1.32. The summed E-state index contributed by atoms with van der Waals surface area (Å²) in [6.45, 7) is 4.66. The van der Waals surface area contributed by atoms with Crippen LogP contribution in [0.2, 0.25) is 0 Å². The molecule has 230 valence electrons. The van der Waals surface area contributed by atoms with E-state index in [1.165, 1.54) is 19.2 Å². The second-order valence-corrected chi connectivity index (χ2v) is 10.7. The van der Waals surface area contributed by atoms with Gasteiger partial charge in [-0.15, -0.1) is 0 Å². The molecule has 3 N–H and O–H groups in total. The number of carbonyl (C=O) groups is 2. The topological polar surface area (TPSA) is 101 Å². The molecule has 3 aromatic carbocycles. The number of anilines is 2. The summed E-state index contributed by atoms with van der Waals surface area (Å²) in [5.41, 5.74) is 2.64. The van der Waals surface area contributed by atoms with Crippen LogP contribution in [0.4, 0.5) is 24.5 Å². The van der Waals surface area contributed by atoms with Crippen molar-refractivity contribution in [2.24, 2.45) is 7.05 Å². The lowest BCUT2D eigenvalue weighted by molar-refractivity contribution is -0.138. The average Bonchev–Trinajstić information content (AvgIpc) is 3.44. The molecule has 4 aromatic rings. The van der Waals surface area contributed by atoms with Gasteiger partial charge in [-0.2, -0.15) is 18.3 Å². The number of aromatic nitrogens is 2. The molecule has 0 spiro atoms. The van der Waals surface area contributed by atoms with Crippen molar-refractivity contribution in [2.75, 3.05) is 43.9 Å². The zero-order valence-corrected chi connectivity index (χ0v) is 24.6. The Labute approximate surface area is 253 Å². The molecule has 12 heteroatoms. The molecule has 44 heavy (non-hydrogen) atoms. The molecule has 1 aliphatic heterocycles. The van der Waals surface area contributed by atoms with E-state index in [2.05, 4.69) is 21.0 Å². The van der Waals surface area contributed by atoms with Crippen molar-refractivity contribution in [3.8, 4) is 16.9 Å². The van der Waals surface area contributed by atoms with Crippen LogP contribution in [0.3, 0.4) is 0 Å². The van der Waals surface area contributed by atoms with Crippen LogP contribution >= 0.6 is 0 Å². The lowest BCUT2D eigenvalue weighted by Gasteiger charge is -2.28. The zero-order chi connectivity index (χ0) is 31.4. The Morgan fingerprint density at radius 1 is 0.977 bits per heavy atom. The lowest BCUT2D eigenvalue weighted by atomic mass is 10.0. The number of hydrogen-bond donors (Lipinski definition) is 3. The SMILES string of the molecule is COc1cc(-c2cnn(C)c2)ccc1C(=O)Nc1cc(NC(=O)c2ccc(CN3CCNCC3)c(C(F)(F)F)c2)ccc1C. The summed E-state index contributed by atoms with van der Waals surface area (Å²) in [5.74, 6) is -0.758. The first kappa shape index (κ1) is 30.8.